The van der Waals surface area contributed by atoms with Crippen molar-refractivity contribution in [3.8, 4) is 10.8 Å². The van der Waals surface area contributed by atoms with E-state index in [1.165, 1.54) is 0 Å². The number of thiophene rings is 1. The van der Waals surface area contributed by atoms with Gasteiger partial charge in [0.05, 0.1) is 21.8 Å². The zero-order valence-corrected chi connectivity index (χ0v) is 16.5. The molecule has 1 aliphatic heterocycles. The van der Waals surface area contributed by atoms with Gasteiger partial charge in [-0.05, 0) is 18.4 Å². The maximum atomic E-state index is 12.3. The molecule has 10 heteroatoms. The van der Waals surface area contributed by atoms with Crippen molar-refractivity contribution in [3.63, 3.8) is 0 Å². The topological polar surface area (TPSA) is 109 Å². The molecule has 4 heterocycles. The molecule has 0 saturated carbocycles. The average molecular weight is 406 g/mol. The average Bonchev–Trinajstić information content (AvgIpc) is 3.25. The molecule has 0 saturated heterocycles. The van der Waals surface area contributed by atoms with Crippen LogP contribution in [-0.2, 0) is 29.3 Å². The van der Waals surface area contributed by atoms with Crippen LogP contribution in [0.15, 0.2) is 31.9 Å². The van der Waals surface area contributed by atoms with Crippen molar-refractivity contribution in [2.24, 2.45) is 0 Å². The molecule has 0 aliphatic carbocycles. The predicted octanol–water partition coefficient (Wildman–Crippen LogP) is 1.76. The number of aryl methyl sites for hydroxylation is 1. The van der Waals surface area contributed by atoms with E-state index in [0.29, 0.717) is 43.2 Å². The Morgan fingerprint density at radius 3 is 2.89 bits per heavy atom. The summed E-state index contributed by atoms with van der Waals surface area (Å²) in [6.07, 6.45) is 1.54. The normalized spacial score (nSPS) is 15.0. The number of oxazole rings is 1. The van der Waals surface area contributed by atoms with E-state index in [1.807, 2.05) is 24.4 Å². The quantitative estimate of drug-likeness (QED) is 0.658. The summed E-state index contributed by atoms with van der Waals surface area (Å²) in [5, 5.41) is 1.70. The molecule has 0 atom stereocenters. The first kappa shape index (κ1) is 18.1. The number of hydrogen-bond donors (Lipinski definition) is 1. The van der Waals surface area contributed by atoms with Gasteiger partial charge in [-0.2, -0.15) is 0 Å². The van der Waals surface area contributed by atoms with Crippen molar-refractivity contribution < 1.29 is 12.8 Å². The van der Waals surface area contributed by atoms with Gasteiger partial charge in [-0.1, -0.05) is 6.07 Å². The first-order valence-electron chi connectivity index (χ1n) is 8.36. The van der Waals surface area contributed by atoms with E-state index in [0.717, 1.165) is 22.6 Å². The second kappa shape index (κ2) is 6.70. The molecule has 3 aromatic heterocycles. The SMILES string of the molecule is Cc1oc(-c2cccs2)nc1CN1CCc2nc(S(C)(=O)=O)[nH]c(=O)c2C1. The third-order valence-corrected chi connectivity index (χ3v) is 6.23. The minimum Gasteiger partial charge on any atom is -0.440 e. The number of nitrogens with one attached hydrogen (secondary N) is 1. The fourth-order valence-electron chi connectivity index (χ4n) is 3.06. The molecule has 142 valence electrons. The summed E-state index contributed by atoms with van der Waals surface area (Å²) in [6, 6.07) is 3.91. The van der Waals surface area contributed by atoms with Crippen LogP contribution < -0.4 is 5.56 Å². The summed E-state index contributed by atoms with van der Waals surface area (Å²) in [5.74, 6) is 1.36. The fraction of sp³-hybridized carbons (Fsp3) is 0.353. The number of aromatic nitrogens is 3. The molecule has 4 rings (SSSR count). The Morgan fingerprint density at radius 2 is 2.19 bits per heavy atom. The van der Waals surface area contributed by atoms with Crippen molar-refractivity contribution >= 4 is 21.2 Å². The summed E-state index contributed by atoms with van der Waals surface area (Å²) < 4.78 is 29.1. The Kier molecular flexibility index (Phi) is 4.49. The molecule has 0 spiro atoms. The molecule has 8 nitrogen and oxygen atoms in total. The number of nitrogens with zero attached hydrogens (tertiary/aromatic N) is 3. The van der Waals surface area contributed by atoms with Crippen molar-refractivity contribution in [2.75, 3.05) is 12.8 Å². The van der Waals surface area contributed by atoms with Crippen LogP contribution in [0.4, 0.5) is 0 Å². The fourth-order valence-corrected chi connectivity index (χ4v) is 4.26. The van der Waals surface area contributed by atoms with Gasteiger partial charge in [0.2, 0.25) is 20.9 Å². The van der Waals surface area contributed by atoms with Gasteiger partial charge >= 0.3 is 0 Å². The van der Waals surface area contributed by atoms with E-state index in [2.05, 4.69) is 19.9 Å². The molecule has 1 N–H and O–H groups in total. The molecule has 0 fully saturated rings. The number of sulfone groups is 1. The van der Waals surface area contributed by atoms with E-state index in [1.54, 1.807) is 11.3 Å². The van der Waals surface area contributed by atoms with Crippen molar-refractivity contribution in [3.05, 3.63) is 50.6 Å². The van der Waals surface area contributed by atoms with Gasteiger partial charge in [-0.25, -0.2) is 18.4 Å². The second-order valence-electron chi connectivity index (χ2n) is 6.53. The number of aromatic amines is 1. The molecule has 0 radical (unpaired) electrons. The Hall–Kier alpha value is -2.30. The van der Waals surface area contributed by atoms with Gasteiger partial charge in [0.1, 0.15) is 5.76 Å². The summed E-state index contributed by atoms with van der Waals surface area (Å²) >= 11 is 1.57. The molecule has 0 unspecified atom stereocenters. The highest BCUT2D eigenvalue weighted by Gasteiger charge is 2.25. The van der Waals surface area contributed by atoms with Gasteiger partial charge in [-0.15, -0.1) is 11.3 Å². The highest BCUT2D eigenvalue weighted by molar-refractivity contribution is 7.90. The van der Waals surface area contributed by atoms with Crippen LogP contribution in [0, 0.1) is 6.92 Å². The van der Waals surface area contributed by atoms with Gasteiger partial charge in [0, 0.05) is 32.3 Å². The van der Waals surface area contributed by atoms with Crippen LogP contribution in [0.1, 0.15) is 22.7 Å². The predicted molar refractivity (Wildman–Crippen MR) is 100 cm³/mol. The lowest BCUT2D eigenvalue weighted by atomic mass is 10.1. The summed E-state index contributed by atoms with van der Waals surface area (Å²) in [4.78, 5) is 26.5. The third kappa shape index (κ3) is 3.60. The number of hydrogen-bond acceptors (Lipinski definition) is 8. The Morgan fingerprint density at radius 1 is 1.37 bits per heavy atom. The highest BCUT2D eigenvalue weighted by Crippen LogP contribution is 2.27. The van der Waals surface area contributed by atoms with Crippen LogP contribution in [0.2, 0.25) is 0 Å². The Balaban J connectivity index is 1.57. The Labute approximate surface area is 159 Å². The van der Waals surface area contributed by atoms with Crippen LogP contribution in [-0.4, -0.2) is 41.1 Å². The maximum Gasteiger partial charge on any atom is 0.256 e. The summed E-state index contributed by atoms with van der Waals surface area (Å²) in [7, 11) is -3.55. The minimum atomic E-state index is -3.55. The largest absolute Gasteiger partial charge is 0.440 e. The van der Waals surface area contributed by atoms with Crippen molar-refractivity contribution in [1.82, 2.24) is 19.9 Å². The molecule has 0 aromatic carbocycles. The zero-order valence-electron chi connectivity index (χ0n) is 14.9. The van der Waals surface area contributed by atoms with E-state index >= 15 is 0 Å². The van der Waals surface area contributed by atoms with Crippen molar-refractivity contribution in [1.29, 1.82) is 0 Å². The van der Waals surface area contributed by atoms with Gasteiger partial charge < -0.3 is 4.42 Å². The first-order chi connectivity index (χ1) is 12.8. The van der Waals surface area contributed by atoms with E-state index in [4.69, 9.17) is 4.42 Å². The summed E-state index contributed by atoms with van der Waals surface area (Å²) in [6.45, 7) is 3.48. The maximum absolute atomic E-state index is 12.3. The lowest BCUT2D eigenvalue weighted by Crippen LogP contribution is -2.36. The molecule has 0 amide bonds. The molecule has 27 heavy (non-hydrogen) atoms. The second-order valence-corrected chi connectivity index (χ2v) is 9.41. The monoisotopic (exact) mass is 406 g/mol. The van der Waals surface area contributed by atoms with Crippen LogP contribution in [0.25, 0.3) is 10.8 Å². The van der Waals surface area contributed by atoms with E-state index < -0.39 is 15.4 Å². The Bertz CT molecular complexity index is 1150. The standard InChI is InChI=1S/C17H18N4O4S2/c1-10-13(18-16(25-10)14-4-3-7-26-14)9-21-6-5-12-11(8-21)15(22)20-17(19-12)27(2,23)24/h3-4,7H,5-6,8-9H2,1-2H3,(H,19,20,22). The first-order valence-corrected chi connectivity index (χ1v) is 11.1. The number of H-pyrrole nitrogens is 1. The molecular weight excluding hydrogens is 388 g/mol. The zero-order chi connectivity index (χ0) is 19.2. The molecule has 1 aliphatic rings. The number of fused-ring (bicyclic) bond motifs is 1. The van der Waals surface area contributed by atoms with Crippen LogP contribution in [0.5, 0.6) is 0 Å². The molecule has 0 bridgehead atoms. The van der Waals surface area contributed by atoms with Crippen LogP contribution in [0.3, 0.4) is 0 Å². The molecular formula is C17H18N4O4S2. The highest BCUT2D eigenvalue weighted by atomic mass is 32.2. The lowest BCUT2D eigenvalue weighted by molar-refractivity contribution is 0.237. The van der Waals surface area contributed by atoms with E-state index in [-0.39, 0.29) is 5.16 Å². The van der Waals surface area contributed by atoms with E-state index in [9.17, 15) is 13.2 Å². The smallest absolute Gasteiger partial charge is 0.256 e. The van der Waals surface area contributed by atoms with Gasteiger partial charge in [-0.3, -0.25) is 14.7 Å². The van der Waals surface area contributed by atoms with Gasteiger partial charge in [0.25, 0.3) is 5.56 Å². The molecule has 3 aromatic rings. The third-order valence-electron chi connectivity index (χ3n) is 4.48. The lowest BCUT2D eigenvalue weighted by Gasteiger charge is -2.26. The van der Waals surface area contributed by atoms with Crippen LogP contribution >= 0.6 is 11.3 Å². The number of rotatable bonds is 4. The minimum absolute atomic E-state index is 0.271. The van der Waals surface area contributed by atoms with Gasteiger partial charge in [0.15, 0.2) is 0 Å². The van der Waals surface area contributed by atoms with Crippen molar-refractivity contribution in [2.45, 2.75) is 31.6 Å². The summed E-state index contributed by atoms with van der Waals surface area (Å²) in [5.41, 5.74) is 1.49.